The van der Waals surface area contributed by atoms with Crippen molar-refractivity contribution >= 4 is 24.4 Å². The van der Waals surface area contributed by atoms with Crippen molar-refractivity contribution in [3.8, 4) is 6.07 Å². The van der Waals surface area contributed by atoms with E-state index < -0.39 is 0 Å². The van der Waals surface area contributed by atoms with Crippen LogP contribution in [0.5, 0.6) is 0 Å². The van der Waals surface area contributed by atoms with Gasteiger partial charge in [-0.3, -0.25) is 10.1 Å². The number of aryl methyl sites for hydroxylation is 1. The van der Waals surface area contributed by atoms with Crippen LogP contribution < -0.4 is 5.32 Å². The molecule has 0 aliphatic rings. The number of hydrogen-bond acceptors (Lipinski definition) is 4. The van der Waals surface area contributed by atoms with Gasteiger partial charge in [-0.25, -0.2) is 0 Å². The number of anilines is 1. The van der Waals surface area contributed by atoms with Crippen LogP contribution in [0.25, 0.3) is 0 Å². The highest BCUT2D eigenvalue weighted by Crippen LogP contribution is 2.25. The number of amides is 1. The molecule has 0 fully saturated rings. The summed E-state index contributed by atoms with van der Waals surface area (Å²) in [7, 11) is 0. The average molecular weight is 210 g/mol. The van der Waals surface area contributed by atoms with E-state index in [2.05, 4.69) is 17.9 Å². The Labute approximate surface area is 87.3 Å². The van der Waals surface area contributed by atoms with Crippen molar-refractivity contribution in [2.24, 2.45) is 0 Å². The number of nitrogens with one attached hydrogen (secondary N) is 1. The van der Waals surface area contributed by atoms with Crippen LogP contribution in [-0.2, 0) is 4.79 Å². The Morgan fingerprint density at radius 3 is 2.79 bits per heavy atom. The molecule has 1 rings (SSSR count). The fraction of sp³-hybridized carbons (Fsp3) is 0.333. The van der Waals surface area contributed by atoms with Crippen LogP contribution in [-0.4, -0.2) is 11.7 Å². The lowest BCUT2D eigenvalue weighted by Gasteiger charge is -1.97. The number of furan rings is 1. The standard InChI is InChI=1S/C9H10N2O2S/c1-5-6(2)13-9(7(5)3-10)11-8(12)4-14/h14H,4H2,1-2H3,(H,11,12). The highest BCUT2D eigenvalue weighted by atomic mass is 32.1. The van der Waals surface area contributed by atoms with Crippen molar-refractivity contribution < 1.29 is 9.21 Å². The molecular formula is C9H10N2O2S. The molecule has 74 valence electrons. The molecular weight excluding hydrogens is 200 g/mol. The van der Waals surface area contributed by atoms with E-state index in [0.29, 0.717) is 11.3 Å². The van der Waals surface area contributed by atoms with E-state index in [-0.39, 0.29) is 17.5 Å². The second-order valence-corrected chi connectivity index (χ2v) is 3.12. The summed E-state index contributed by atoms with van der Waals surface area (Å²) in [5.74, 6) is 0.611. The van der Waals surface area contributed by atoms with E-state index in [1.54, 1.807) is 13.8 Å². The molecule has 0 aliphatic heterocycles. The number of nitrogens with zero attached hydrogens (tertiary/aromatic N) is 1. The number of thiol groups is 1. The number of carbonyl (C=O) groups is 1. The minimum Gasteiger partial charge on any atom is -0.444 e. The summed E-state index contributed by atoms with van der Waals surface area (Å²) in [4.78, 5) is 11.0. The zero-order chi connectivity index (χ0) is 10.7. The van der Waals surface area contributed by atoms with E-state index in [4.69, 9.17) is 9.68 Å². The maximum Gasteiger partial charge on any atom is 0.236 e. The van der Waals surface area contributed by atoms with Crippen LogP contribution in [0.3, 0.4) is 0 Å². The fourth-order valence-corrected chi connectivity index (χ4v) is 1.09. The van der Waals surface area contributed by atoms with Crippen molar-refractivity contribution in [2.75, 3.05) is 11.1 Å². The van der Waals surface area contributed by atoms with Crippen LogP contribution in [0.4, 0.5) is 5.88 Å². The van der Waals surface area contributed by atoms with Crippen molar-refractivity contribution in [3.63, 3.8) is 0 Å². The lowest BCUT2D eigenvalue weighted by atomic mass is 10.2. The highest BCUT2D eigenvalue weighted by molar-refractivity contribution is 7.81. The lowest BCUT2D eigenvalue weighted by molar-refractivity contribution is -0.113. The average Bonchev–Trinajstić information content (AvgIpc) is 2.42. The zero-order valence-corrected chi connectivity index (χ0v) is 8.81. The van der Waals surface area contributed by atoms with Gasteiger partial charge in [0.15, 0.2) is 0 Å². The van der Waals surface area contributed by atoms with Crippen LogP contribution in [0.2, 0.25) is 0 Å². The van der Waals surface area contributed by atoms with Gasteiger partial charge in [0.05, 0.1) is 5.75 Å². The fourth-order valence-electron chi connectivity index (χ4n) is 1.02. The first-order valence-electron chi connectivity index (χ1n) is 4.01. The summed E-state index contributed by atoms with van der Waals surface area (Å²) >= 11 is 3.81. The second kappa shape index (κ2) is 4.20. The molecule has 1 heterocycles. The maximum atomic E-state index is 11.0. The van der Waals surface area contributed by atoms with Crippen molar-refractivity contribution in [3.05, 3.63) is 16.9 Å². The summed E-state index contributed by atoms with van der Waals surface area (Å²) in [6, 6.07) is 1.98. The van der Waals surface area contributed by atoms with Gasteiger partial charge in [-0.1, -0.05) is 0 Å². The monoisotopic (exact) mass is 210 g/mol. The smallest absolute Gasteiger partial charge is 0.236 e. The third-order valence-electron chi connectivity index (χ3n) is 1.89. The van der Waals surface area contributed by atoms with Crippen LogP contribution in [0, 0.1) is 25.2 Å². The van der Waals surface area contributed by atoms with Gasteiger partial charge in [0.1, 0.15) is 17.4 Å². The third kappa shape index (κ3) is 1.91. The molecule has 1 amide bonds. The van der Waals surface area contributed by atoms with Gasteiger partial charge in [0.2, 0.25) is 11.8 Å². The van der Waals surface area contributed by atoms with Gasteiger partial charge in [-0.15, -0.1) is 0 Å². The van der Waals surface area contributed by atoms with Crippen molar-refractivity contribution in [1.29, 1.82) is 5.26 Å². The molecule has 4 nitrogen and oxygen atoms in total. The topological polar surface area (TPSA) is 66.0 Å². The summed E-state index contributed by atoms with van der Waals surface area (Å²) in [5.41, 5.74) is 1.12. The van der Waals surface area contributed by atoms with E-state index >= 15 is 0 Å². The van der Waals surface area contributed by atoms with E-state index in [0.717, 1.165) is 5.56 Å². The Hall–Kier alpha value is -1.41. The van der Waals surface area contributed by atoms with Gasteiger partial charge < -0.3 is 4.42 Å². The van der Waals surface area contributed by atoms with Gasteiger partial charge >= 0.3 is 0 Å². The Bertz CT molecular complexity index is 404. The first kappa shape index (κ1) is 10.7. The molecule has 5 heteroatoms. The molecule has 0 saturated carbocycles. The molecule has 0 atom stereocenters. The lowest BCUT2D eigenvalue weighted by Crippen LogP contribution is -2.12. The zero-order valence-electron chi connectivity index (χ0n) is 7.92. The van der Waals surface area contributed by atoms with E-state index in [1.807, 2.05) is 6.07 Å². The Balaban J connectivity index is 3.04. The largest absolute Gasteiger partial charge is 0.444 e. The second-order valence-electron chi connectivity index (χ2n) is 2.81. The number of rotatable bonds is 2. The summed E-state index contributed by atoms with van der Waals surface area (Å²) in [6.45, 7) is 3.51. The van der Waals surface area contributed by atoms with Crippen molar-refractivity contribution in [1.82, 2.24) is 0 Å². The molecule has 0 unspecified atom stereocenters. The maximum absolute atomic E-state index is 11.0. The molecule has 0 radical (unpaired) electrons. The quantitative estimate of drug-likeness (QED) is 0.729. The summed E-state index contributed by atoms with van der Waals surface area (Å²) in [5, 5.41) is 11.3. The third-order valence-corrected chi connectivity index (χ3v) is 2.18. The Morgan fingerprint density at radius 1 is 1.64 bits per heavy atom. The Kier molecular flexibility index (Phi) is 3.20. The molecule has 1 aromatic heterocycles. The summed E-state index contributed by atoms with van der Waals surface area (Å²) in [6.07, 6.45) is 0. The normalized spacial score (nSPS) is 9.57. The molecule has 0 spiro atoms. The molecule has 0 aliphatic carbocycles. The molecule has 1 aromatic rings. The van der Waals surface area contributed by atoms with Gasteiger partial charge in [0, 0.05) is 5.56 Å². The van der Waals surface area contributed by atoms with Gasteiger partial charge in [-0.2, -0.15) is 17.9 Å². The predicted octanol–water partition coefficient (Wildman–Crippen LogP) is 1.64. The van der Waals surface area contributed by atoms with Crippen LogP contribution in [0.15, 0.2) is 4.42 Å². The molecule has 1 N–H and O–H groups in total. The SMILES string of the molecule is Cc1oc(NC(=O)CS)c(C#N)c1C. The molecule has 0 aromatic carbocycles. The molecule has 14 heavy (non-hydrogen) atoms. The highest BCUT2D eigenvalue weighted by Gasteiger charge is 2.15. The molecule has 0 bridgehead atoms. The van der Waals surface area contributed by atoms with Gasteiger partial charge in [0.25, 0.3) is 0 Å². The van der Waals surface area contributed by atoms with E-state index in [9.17, 15) is 4.79 Å². The minimum absolute atomic E-state index is 0.0592. The van der Waals surface area contributed by atoms with Crippen LogP contribution in [0.1, 0.15) is 16.9 Å². The predicted molar refractivity (Wildman–Crippen MR) is 55.4 cm³/mol. The minimum atomic E-state index is -0.293. The number of carbonyl (C=O) groups excluding carboxylic acids is 1. The number of nitriles is 1. The van der Waals surface area contributed by atoms with Crippen LogP contribution >= 0.6 is 12.6 Å². The van der Waals surface area contributed by atoms with Crippen molar-refractivity contribution in [2.45, 2.75) is 13.8 Å². The first-order chi connectivity index (χ1) is 6.60. The first-order valence-corrected chi connectivity index (χ1v) is 4.64. The van der Waals surface area contributed by atoms with Gasteiger partial charge in [-0.05, 0) is 13.8 Å². The van der Waals surface area contributed by atoms with E-state index in [1.165, 1.54) is 0 Å². The Morgan fingerprint density at radius 2 is 2.29 bits per heavy atom. The number of hydrogen-bond donors (Lipinski definition) is 2. The molecule has 0 saturated heterocycles. The summed E-state index contributed by atoms with van der Waals surface area (Å²) < 4.78 is 5.22.